The lowest BCUT2D eigenvalue weighted by Crippen LogP contribution is -2.38. The van der Waals surface area contributed by atoms with Crippen molar-refractivity contribution in [2.24, 2.45) is 0 Å². The van der Waals surface area contributed by atoms with Crippen LogP contribution in [0.15, 0.2) is 41.0 Å². The molecule has 35 heavy (non-hydrogen) atoms. The Bertz CT molecular complexity index is 1350. The predicted octanol–water partition coefficient (Wildman–Crippen LogP) is 2.37. The first-order valence-corrected chi connectivity index (χ1v) is 12.6. The van der Waals surface area contributed by atoms with Gasteiger partial charge in [-0.2, -0.15) is 0 Å². The molecule has 1 aromatic heterocycles. The number of hydrogen-bond donors (Lipinski definition) is 1. The molecule has 4 rings (SSSR count). The van der Waals surface area contributed by atoms with Crippen LogP contribution < -0.4 is 24.3 Å². The lowest BCUT2D eigenvalue weighted by molar-refractivity contribution is -0.123. The molecule has 1 atom stereocenters. The van der Waals surface area contributed by atoms with Crippen LogP contribution in [0.1, 0.15) is 22.3 Å². The SMILES string of the molecule is COc1cc(C(=O)c2coc3ccc(OCC(=O)N[C@H]4CCS(=O)(=O)C4)cc23)cc(OC)c1OC. The number of rotatable bonds is 9. The third kappa shape index (κ3) is 5.19. The lowest BCUT2D eigenvalue weighted by Gasteiger charge is -2.13. The number of benzene rings is 2. The summed E-state index contributed by atoms with van der Waals surface area (Å²) in [5.74, 6) is 0.652. The fourth-order valence-corrected chi connectivity index (χ4v) is 5.64. The van der Waals surface area contributed by atoms with E-state index >= 15 is 0 Å². The molecule has 0 spiro atoms. The first-order valence-electron chi connectivity index (χ1n) is 10.7. The number of furan rings is 1. The van der Waals surface area contributed by atoms with Gasteiger partial charge in [0.1, 0.15) is 17.6 Å². The number of ether oxygens (including phenoxy) is 4. The van der Waals surface area contributed by atoms with Gasteiger partial charge in [-0.15, -0.1) is 0 Å². The van der Waals surface area contributed by atoms with Gasteiger partial charge in [-0.1, -0.05) is 0 Å². The van der Waals surface area contributed by atoms with Crippen LogP contribution in [0, 0.1) is 0 Å². The van der Waals surface area contributed by atoms with Crippen molar-refractivity contribution in [2.75, 3.05) is 39.4 Å². The summed E-state index contributed by atoms with van der Waals surface area (Å²) in [5.41, 5.74) is 1.06. The Balaban J connectivity index is 1.52. The number of fused-ring (bicyclic) bond motifs is 1. The van der Waals surface area contributed by atoms with E-state index < -0.39 is 21.8 Å². The molecule has 10 nitrogen and oxygen atoms in total. The molecule has 0 aliphatic carbocycles. The molecule has 2 aromatic carbocycles. The Morgan fingerprint density at radius 1 is 1.06 bits per heavy atom. The van der Waals surface area contributed by atoms with Crippen LogP contribution in [0.25, 0.3) is 11.0 Å². The number of sulfone groups is 1. The summed E-state index contributed by atoms with van der Waals surface area (Å²) in [5, 5.41) is 3.17. The summed E-state index contributed by atoms with van der Waals surface area (Å²) < 4.78 is 50.2. The number of carbonyl (C=O) groups excluding carboxylic acids is 2. The molecule has 11 heteroatoms. The Morgan fingerprint density at radius 3 is 2.37 bits per heavy atom. The maximum atomic E-state index is 13.3. The summed E-state index contributed by atoms with van der Waals surface area (Å²) in [4.78, 5) is 25.5. The van der Waals surface area contributed by atoms with E-state index in [4.69, 9.17) is 23.4 Å². The maximum absolute atomic E-state index is 13.3. The third-order valence-electron chi connectivity index (χ3n) is 5.68. The molecule has 1 aliphatic heterocycles. The number of methoxy groups -OCH3 is 3. The molecule has 1 amide bonds. The molecule has 0 saturated carbocycles. The van der Waals surface area contributed by atoms with Crippen LogP contribution in [-0.4, -0.2) is 65.6 Å². The Hall–Kier alpha value is -3.73. The average molecular weight is 504 g/mol. The summed E-state index contributed by atoms with van der Waals surface area (Å²) in [6.07, 6.45) is 1.74. The predicted molar refractivity (Wildman–Crippen MR) is 126 cm³/mol. The molecule has 0 radical (unpaired) electrons. The van der Waals surface area contributed by atoms with Gasteiger partial charge in [-0.05, 0) is 36.8 Å². The van der Waals surface area contributed by atoms with E-state index in [1.54, 1.807) is 30.3 Å². The zero-order chi connectivity index (χ0) is 25.2. The fourth-order valence-electron chi connectivity index (χ4n) is 3.97. The van der Waals surface area contributed by atoms with Gasteiger partial charge in [0.05, 0.1) is 38.4 Å². The third-order valence-corrected chi connectivity index (χ3v) is 7.45. The number of hydrogen-bond acceptors (Lipinski definition) is 9. The van der Waals surface area contributed by atoms with Gasteiger partial charge in [0, 0.05) is 17.0 Å². The zero-order valence-corrected chi connectivity index (χ0v) is 20.3. The highest BCUT2D eigenvalue weighted by molar-refractivity contribution is 7.91. The van der Waals surface area contributed by atoms with Crippen LogP contribution in [0.4, 0.5) is 0 Å². The van der Waals surface area contributed by atoms with Crippen LogP contribution >= 0.6 is 0 Å². The van der Waals surface area contributed by atoms with Gasteiger partial charge in [0.25, 0.3) is 5.91 Å². The highest BCUT2D eigenvalue weighted by atomic mass is 32.2. The monoisotopic (exact) mass is 503 g/mol. The van der Waals surface area contributed by atoms with Crippen molar-refractivity contribution in [3.05, 3.63) is 47.7 Å². The summed E-state index contributed by atoms with van der Waals surface area (Å²) >= 11 is 0. The molecule has 1 saturated heterocycles. The second-order valence-electron chi connectivity index (χ2n) is 8.01. The van der Waals surface area contributed by atoms with E-state index in [9.17, 15) is 18.0 Å². The largest absolute Gasteiger partial charge is 0.493 e. The zero-order valence-electron chi connectivity index (χ0n) is 19.5. The average Bonchev–Trinajstić information content (AvgIpc) is 3.42. The fraction of sp³-hybridized carbons (Fsp3) is 0.333. The number of nitrogens with one attached hydrogen (secondary N) is 1. The molecule has 2 heterocycles. The Morgan fingerprint density at radius 2 is 1.77 bits per heavy atom. The second kappa shape index (κ2) is 9.87. The van der Waals surface area contributed by atoms with Crippen LogP contribution in [0.5, 0.6) is 23.0 Å². The number of carbonyl (C=O) groups is 2. The lowest BCUT2D eigenvalue weighted by atomic mass is 10.0. The van der Waals surface area contributed by atoms with Crippen molar-refractivity contribution in [3.63, 3.8) is 0 Å². The molecular formula is C24H25NO9S. The summed E-state index contributed by atoms with van der Waals surface area (Å²) in [6.45, 7) is -0.296. The minimum absolute atomic E-state index is 0.0634. The number of amides is 1. The van der Waals surface area contributed by atoms with E-state index in [0.717, 1.165) is 0 Å². The second-order valence-corrected chi connectivity index (χ2v) is 10.2. The van der Waals surface area contributed by atoms with Crippen LogP contribution in [-0.2, 0) is 14.6 Å². The molecule has 1 fully saturated rings. The van der Waals surface area contributed by atoms with E-state index in [0.29, 0.717) is 51.5 Å². The van der Waals surface area contributed by atoms with Crippen LogP contribution in [0.2, 0.25) is 0 Å². The van der Waals surface area contributed by atoms with Gasteiger partial charge < -0.3 is 28.7 Å². The minimum atomic E-state index is -3.10. The van der Waals surface area contributed by atoms with E-state index in [-0.39, 0.29) is 23.9 Å². The van der Waals surface area contributed by atoms with Gasteiger partial charge >= 0.3 is 0 Å². The molecule has 0 unspecified atom stereocenters. The molecule has 0 bridgehead atoms. The molecular weight excluding hydrogens is 478 g/mol. The minimum Gasteiger partial charge on any atom is -0.493 e. The smallest absolute Gasteiger partial charge is 0.258 e. The standard InChI is InChI=1S/C24H25NO9S/c1-30-20-8-14(9-21(31-2)24(20)32-3)23(27)18-11-34-19-5-4-16(10-17(18)19)33-12-22(26)25-15-6-7-35(28,29)13-15/h4-5,8-11,15H,6-7,12-13H2,1-3H3,(H,25,26)/t15-/m0/s1. The van der Waals surface area contributed by atoms with Crippen molar-refractivity contribution in [1.82, 2.24) is 5.32 Å². The van der Waals surface area contributed by atoms with E-state index in [1.807, 2.05) is 0 Å². The van der Waals surface area contributed by atoms with Crippen molar-refractivity contribution in [1.29, 1.82) is 0 Å². The van der Waals surface area contributed by atoms with Gasteiger partial charge in [-0.25, -0.2) is 8.42 Å². The highest BCUT2D eigenvalue weighted by Crippen LogP contribution is 2.39. The quantitative estimate of drug-likeness (QED) is 0.437. The molecule has 1 aliphatic rings. The normalized spacial score (nSPS) is 16.6. The van der Waals surface area contributed by atoms with Gasteiger partial charge in [0.2, 0.25) is 5.75 Å². The van der Waals surface area contributed by atoms with Gasteiger partial charge in [-0.3, -0.25) is 9.59 Å². The Kier molecular flexibility index (Phi) is 6.88. The molecule has 186 valence electrons. The van der Waals surface area contributed by atoms with Crippen LogP contribution in [0.3, 0.4) is 0 Å². The molecule has 3 aromatic rings. The van der Waals surface area contributed by atoms with Gasteiger partial charge in [0.15, 0.2) is 33.7 Å². The molecule has 1 N–H and O–H groups in total. The van der Waals surface area contributed by atoms with Crippen molar-refractivity contribution >= 4 is 32.5 Å². The maximum Gasteiger partial charge on any atom is 0.258 e. The first-order chi connectivity index (χ1) is 16.7. The van der Waals surface area contributed by atoms with E-state index in [2.05, 4.69) is 5.32 Å². The van der Waals surface area contributed by atoms with Crippen molar-refractivity contribution in [3.8, 4) is 23.0 Å². The van der Waals surface area contributed by atoms with E-state index in [1.165, 1.54) is 27.6 Å². The van der Waals surface area contributed by atoms with Crippen molar-refractivity contribution in [2.45, 2.75) is 12.5 Å². The Labute approximate surface area is 202 Å². The highest BCUT2D eigenvalue weighted by Gasteiger charge is 2.29. The first kappa shape index (κ1) is 24.4. The van der Waals surface area contributed by atoms with Crippen molar-refractivity contribution < 1.29 is 41.4 Å². The summed E-state index contributed by atoms with van der Waals surface area (Å²) in [6, 6.07) is 7.56. The summed E-state index contributed by atoms with van der Waals surface area (Å²) in [7, 11) is 1.30. The topological polar surface area (TPSA) is 130 Å². The number of ketones is 1.